The van der Waals surface area contributed by atoms with E-state index in [1.807, 2.05) is 13.0 Å². The fourth-order valence-corrected chi connectivity index (χ4v) is 1.82. The van der Waals surface area contributed by atoms with Crippen molar-refractivity contribution in [2.45, 2.75) is 19.8 Å². The normalized spacial score (nSPS) is 11.2. The second-order valence-electron chi connectivity index (χ2n) is 4.30. The molecule has 2 aromatic rings. The molecular formula is C13H15F2N3O2. The Morgan fingerprint density at radius 2 is 2.35 bits per heavy atom. The van der Waals surface area contributed by atoms with E-state index in [9.17, 15) is 13.6 Å². The minimum Gasteiger partial charge on any atom is -0.375 e. The number of nitrogens with one attached hydrogen (secondary N) is 2. The van der Waals surface area contributed by atoms with Crippen molar-refractivity contribution in [2.75, 3.05) is 18.5 Å². The maximum absolute atomic E-state index is 11.8. The number of carbonyl (C=O) groups is 1. The van der Waals surface area contributed by atoms with Crippen LogP contribution in [0.3, 0.4) is 0 Å². The van der Waals surface area contributed by atoms with Crippen LogP contribution in [0, 0.1) is 6.92 Å². The van der Waals surface area contributed by atoms with Crippen molar-refractivity contribution >= 4 is 22.6 Å². The highest BCUT2D eigenvalue weighted by atomic mass is 19.3. The van der Waals surface area contributed by atoms with Crippen molar-refractivity contribution in [3.8, 4) is 0 Å². The van der Waals surface area contributed by atoms with Gasteiger partial charge in [0.05, 0.1) is 24.9 Å². The zero-order valence-corrected chi connectivity index (χ0v) is 11.0. The number of aryl methyl sites for hydroxylation is 1. The van der Waals surface area contributed by atoms with Crippen molar-refractivity contribution < 1.29 is 18.3 Å². The van der Waals surface area contributed by atoms with Crippen LogP contribution in [0.2, 0.25) is 0 Å². The molecule has 108 valence electrons. The molecule has 0 saturated heterocycles. The van der Waals surface area contributed by atoms with Gasteiger partial charge in [-0.1, -0.05) is 0 Å². The number of halogens is 2. The van der Waals surface area contributed by atoms with E-state index in [0.717, 1.165) is 16.6 Å². The van der Waals surface area contributed by atoms with Crippen molar-refractivity contribution in [2.24, 2.45) is 0 Å². The summed E-state index contributed by atoms with van der Waals surface area (Å²) in [4.78, 5) is 18.8. The molecule has 0 fully saturated rings. The van der Waals surface area contributed by atoms with E-state index in [0.29, 0.717) is 5.69 Å². The summed E-state index contributed by atoms with van der Waals surface area (Å²) < 4.78 is 28.3. The highest BCUT2D eigenvalue weighted by Crippen LogP contribution is 2.22. The number of ether oxygens (including phenoxy) is 1. The van der Waals surface area contributed by atoms with Crippen LogP contribution in [0.15, 0.2) is 18.5 Å². The van der Waals surface area contributed by atoms with Gasteiger partial charge in [0, 0.05) is 11.6 Å². The predicted molar refractivity (Wildman–Crippen MR) is 70.9 cm³/mol. The number of hydrogen-bond donors (Lipinski definition) is 2. The van der Waals surface area contributed by atoms with Crippen molar-refractivity contribution in [1.82, 2.24) is 9.97 Å². The van der Waals surface area contributed by atoms with Crippen LogP contribution in [-0.4, -0.2) is 35.5 Å². The maximum atomic E-state index is 11.8. The van der Waals surface area contributed by atoms with E-state index >= 15 is 0 Å². The number of alkyl halides is 2. The molecule has 0 atom stereocenters. The number of aromatic amines is 1. The summed E-state index contributed by atoms with van der Waals surface area (Å²) in [5.41, 5.74) is 2.26. The molecule has 2 N–H and O–H groups in total. The van der Waals surface area contributed by atoms with E-state index in [2.05, 4.69) is 20.0 Å². The van der Waals surface area contributed by atoms with Gasteiger partial charge in [-0.2, -0.15) is 0 Å². The number of anilines is 1. The molecule has 7 heteroatoms. The summed E-state index contributed by atoms with van der Waals surface area (Å²) in [6.07, 6.45) is 0.846. The lowest BCUT2D eigenvalue weighted by Gasteiger charge is -2.09. The minimum atomic E-state index is -2.51. The summed E-state index contributed by atoms with van der Waals surface area (Å²) in [7, 11) is 0. The molecule has 0 saturated carbocycles. The third-order valence-corrected chi connectivity index (χ3v) is 2.85. The topological polar surface area (TPSA) is 67.0 Å². The quantitative estimate of drug-likeness (QED) is 0.800. The molecular weight excluding hydrogens is 268 g/mol. The van der Waals surface area contributed by atoms with Crippen LogP contribution in [0.4, 0.5) is 14.5 Å². The zero-order chi connectivity index (χ0) is 14.5. The van der Waals surface area contributed by atoms with Crippen LogP contribution in [0.25, 0.3) is 11.0 Å². The Kier molecular flexibility index (Phi) is 4.62. The Morgan fingerprint density at radius 1 is 1.55 bits per heavy atom. The molecule has 0 radical (unpaired) electrons. The van der Waals surface area contributed by atoms with E-state index in [1.165, 1.54) is 0 Å². The minimum absolute atomic E-state index is 0.0251. The molecule has 0 aliphatic rings. The molecule has 5 nitrogen and oxygen atoms in total. The Bertz CT molecular complexity index is 598. The van der Waals surface area contributed by atoms with Gasteiger partial charge in [-0.3, -0.25) is 4.79 Å². The third-order valence-electron chi connectivity index (χ3n) is 2.85. The van der Waals surface area contributed by atoms with Crippen LogP contribution < -0.4 is 5.32 Å². The first-order valence-electron chi connectivity index (χ1n) is 6.16. The number of aromatic nitrogens is 2. The second kappa shape index (κ2) is 6.42. The van der Waals surface area contributed by atoms with Gasteiger partial charge < -0.3 is 15.0 Å². The average Bonchev–Trinajstić information content (AvgIpc) is 2.87. The van der Waals surface area contributed by atoms with Crippen molar-refractivity contribution in [1.29, 1.82) is 0 Å². The fraction of sp³-hybridized carbons (Fsp3) is 0.385. The smallest absolute Gasteiger partial charge is 0.261 e. The number of amides is 1. The van der Waals surface area contributed by atoms with Crippen LogP contribution in [-0.2, 0) is 9.53 Å². The molecule has 1 amide bonds. The molecule has 0 unspecified atom stereocenters. The van der Waals surface area contributed by atoms with Crippen LogP contribution >= 0.6 is 0 Å². The molecule has 20 heavy (non-hydrogen) atoms. The largest absolute Gasteiger partial charge is 0.375 e. The SMILES string of the molecule is Cc1c(NC(=O)CCOCC(F)F)cnc2[nH]ccc12. The van der Waals surface area contributed by atoms with Gasteiger partial charge in [-0.25, -0.2) is 13.8 Å². The first kappa shape index (κ1) is 14.4. The van der Waals surface area contributed by atoms with Crippen molar-refractivity contribution in [3.05, 3.63) is 24.0 Å². The second-order valence-corrected chi connectivity index (χ2v) is 4.30. The highest BCUT2D eigenvalue weighted by molar-refractivity contribution is 5.94. The molecule has 2 heterocycles. The number of pyridine rings is 1. The fourth-order valence-electron chi connectivity index (χ4n) is 1.82. The molecule has 0 aliphatic heterocycles. The van der Waals surface area contributed by atoms with Gasteiger partial charge in [0.2, 0.25) is 5.91 Å². The Balaban J connectivity index is 1.91. The maximum Gasteiger partial charge on any atom is 0.261 e. The number of nitrogens with zero attached hydrogens (tertiary/aromatic N) is 1. The standard InChI is InChI=1S/C13H15F2N3O2/c1-8-9-2-4-16-13(9)17-6-10(8)18-12(19)3-5-20-7-11(14)15/h2,4,6,11H,3,5,7H2,1H3,(H,16,17)(H,18,19). The molecule has 0 spiro atoms. The number of hydrogen-bond acceptors (Lipinski definition) is 3. The van der Waals surface area contributed by atoms with Gasteiger partial charge in [0.15, 0.2) is 0 Å². The summed E-state index contributed by atoms with van der Waals surface area (Å²) in [5, 5.41) is 3.62. The number of H-pyrrole nitrogens is 1. The summed E-state index contributed by atoms with van der Waals surface area (Å²) in [6.45, 7) is 1.19. The summed E-state index contributed by atoms with van der Waals surface area (Å²) >= 11 is 0. The third kappa shape index (κ3) is 3.51. The number of rotatable bonds is 6. The van der Waals surface area contributed by atoms with E-state index in [-0.39, 0.29) is 18.9 Å². The molecule has 0 aromatic carbocycles. The van der Waals surface area contributed by atoms with Gasteiger partial charge in [0.25, 0.3) is 6.43 Å². The zero-order valence-electron chi connectivity index (χ0n) is 11.0. The van der Waals surface area contributed by atoms with Gasteiger partial charge >= 0.3 is 0 Å². The van der Waals surface area contributed by atoms with Gasteiger partial charge in [-0.15, -0.1) is 0 Å². The first-order chi connectivity index (χ1) is 9.58. The lowest BCUT2D eigenvalue weighted by atomic mass is 10.2. The van der Waals surface area contributed by atoms with E-state index in [1.54, 1.807) is 12.4 Å². The predicted octanol–water partition coefficient (Wildman–Crippen LogP) is 2.48. The Hall–Kier alpha value is -2.02. The van der Waals surface area contributed by atoms with Gasteiger partial charge in [-0.05, 0) is 18.6 Å². The lowest BCUT2D eigenvalue weighted by Crippen LogP contribution is -2.16. The van der Waals surface area contributed by atoms with Crippen LogP contribution in [0.5, 0.6) is 0 Å². The van der Waals surface area contributed by atoms with Crippen molar-refractivity contribution in [3.63, 3.8) is 0 Å². The van der Waals surface area contributed by atoms with E-state index in [4.69, 9.17) is 0 Å². The number of fused-ring (bicyclic) bond motifs is 1. The number of carbonyl (C=O) groups excluding carboxylic acids is 1. The van der Waals surface area contributed by atoms with E-state index < -0.39 is 13.0 Å². The molecule has 2 rings (SSSR count). The monoisotopic (exact) mass is 283 g/mol. The average molecular weight is 283 g/mol. The lowest BCUT2D eigenvalue weighted by molar-refractivity contribution is -0.117. The molecule has 2 aromatic heterocycles. The summed E-state index contributed by atoms with van der Waals surface area (Å²) in [6, 6.07) is 1.87. The van der Waals surface area contributed by atoms with Crippen LogP contribution in [0.1, 0.15) is 12.0 Å². The van der Waals surface area contributed by atoms with Gasteiger partial charge in [0.1, 0.15) is 12.3 Å². The Labute approximate surface area is 114 Å². The Morgan fingerprint density at radius 3 is 3.10 bits per heavy atom. The first-order valence-corrected chi connectivity index (χ1v) is 6.16. The highest BCUT2D eigenvalue weighted by Gasteiger charge is 2.09. The molecule has 0 bridgehead atoms. The summed E-state index contributed by atoms with van der Waals surface area (Å²) in [5.74, 6) is -0.293. The molecule has 0 aliphatic carbocycles.